The highest BCUT2D eigenvalue weighted by atomic mass is 16.6. The molecule has 0 radical (unpaired) electrons. The second-order valence-corrected chi connectivity index (χ2v) is 3.94. The van der Waals surface area contributed by atoms with Gasteiger partial charge in [0.05, 0.1) is 19.6 Å². The summed E-state index contributed by atoms with van der Waals surface area (Å²) >= 11 is 0. The molecule has 0 aromatic rings. The Bertz CT molecular complexity index is 337. The van der Waals surface area contributed by atoms with Crippen LogP contribution in [-0.4, -0.2) is 37.2 Å². The fourth-order valence-electron chi connectivity index (χ4n) is 1.70. The van der Waals surface area contributed by atoms with Crippen LogP contribution in [-0.2, 0) is 28.6 Å². The molecule has 0 aromatic heterocycles. The van der Waals surface area contributed by atoms with Crippen LogP contribution in [0, 0.1) is 5.41 Å². The maximum absolute atomic E-state index is 11.8. The smallest absolute Gasteiger partial charge is 0.348 e. The molecule has 1 fully saturated rings. The number of carbonyl (C=O) groups is 3. The average Bonchev–Trinajstić information content (AvgIpc) is 2.56. The van der Waals surface area contributed by atoms with Gasteiger partial charge in [0.25, 0.3) is 0 Å². The highest BCUT2D eigenvalue weighted by Crippen LogP contribution is 2.37. The van der Waals surface area contributed by atoms with Crippen LogP contribution >= 0.6 is 0 Å². The van der Waals surface area contributed by atoms with Crippen molar-refractivity contribution in [3.8, 4) is 0 Å². The topological polar surface area (TPSA) is 78.9 Å². The summed E-state index contributed by atoms with van der Waals surface area (Å²) in [5.41, 5.74) is -1.29. The number of hydrogen-bond donors (Lipinski definition) is 0. The van der Waals surface area contributed by atoms with Crippen LogP contribution in [0.25, 0.3) is 0 Å². The van der Waals surface area contributed by atoms with E-state index in [4.69, 9.17) is 14.2 Å². The van der Waals surface area contributed by atoms with E-state index in [2.05, 4.69) is 0 Å². The third-order valence-corrected chi connectivity index (χ3v) is 2.58. The number of carbonyl (C=O) groups excluding carboxylic acids is 3. The van der Waals surface area contributed by atoms with Crippen LogP contribution in [0.5, 0.6) is 0 Å². The van der Waals surface area contributed by atoms with Crippen molar-refractivity contribution in [2.75, 3.05) is 13.2 Å². The summed E-state index contributed by atoms with van der Waals surface area (Å²) in [6, 6.07) is 0. The minimum absolute atomic E-state index is 0.159. The second-order valence-electron chi connectivity index (χ2n) is 3.94. The molecule has 0 N–H and O–H groups in total. The first-order chi connectivity index (χ1) is 7.95. The van der Waals surface area contributed by atoms with E-state index in [0.29, 0.717) is 0 Å². The molecule has 0 aliphatic carbocycles. The van der Waals surface area contributed by atoms with Crippen LogP contribution < -0.4 is 0 Å². The third-order valence-electron chi connectivity index (χ3n) is 2.58. The summed E-state index contributed by atoms with van der Waals surface area (Å²) in [4.78, 5) is 34.6. The molecular formula is C11H16O6. The molecule has 0 amide bonds. The van der Waals surface area contributed by atoms with Crippen molar-refractivity contribution in [3.05, 3.63) is 0 Å². The van der Waals surface area contributed by atoms with Gasteiger partial charge in [-0.05, 0) is 20.8 Å². The standard InChI is InChI=1S/C11H16O6/c1-4-15-9(13)8-11(3,6-7(12)17-8)10(14)16-5-2/h8H,4-6H2,1-3H3/t8-,11+/m1/s1. The van der Waals surface area contributed by atoms with E-state index in [0.717, 1.165) is 0 Å². The molecule has 0 bridgehead atoms. The zero-order valence-corrected chi connectivity index (χ0v) is 10.1. The Balaban J connectivity index is 2.90. The van der Waals surface area contributed by atoms with Gasteiger partial charge in [0.2, 0.25) is 6.10 Å². The van der Waals surface area contributed by atoms with Crippen LogP contribution in [0.15, 0.2) is 0 Å². The molecule has 17 heavy (non-hydrogen) atoms. The first-order valence-corrected chi connectivity index (χ1v) is 5.49. The second kappa shape index (κ2) is 5.16. The summed E-state index contributed by atoms with van der Waals surface area (Å²) in [5, 5.41) is 0. The van der Waals surface area contributed by atoms with Gasteiger partial charge in [0.1, 0.15) is 5.41 Å². The zero-order valence-electron chi connectivity index (χ0n) is 10.1. The van der Waals surface area contributed by atoms with E-state index in [1.54, 1.807) is 13.8 Å². The first kappa shape index (κ1) is 13.5. The molecule has 1 saturated heterocycles. The highest BCUT2D eigenvalue weighted by molar-refractivity contribution is 5.94. The van der Waals surface area contributed by atoms with E-state index < -0.39 is 29.4 Å². The number of hydrogen-bond acceptors (Lipinski definition) is 6. The Morgan fingerprint density at radius 1 is 1.35 bits per heavy atom. The highest BCUT2D eigenvalue weighted by Gasteiger charge is 2.56. The quantitative estimate of drug-likeness (QED) is 0.527. The predicted octanol–water partition coefficient (Wildman–Crippen LogP) is 0.434. The summed E-state index contributed by atoms with van der Waals surface area (Å²) in [5.74, 6) is -1.93. The Morgan fingerprint density at radius 3 is 2.47 bits per heavy atom. The average molecular weight is 244 g/mol. The van der Waals surface area contributed by atoms with Gasteiger partial charge in [0, 0.05) is 0 Å². The molecule has 0 saturated carbocycles. The fourth-order valence-corrected chi connectivity index (χ4v) is 1.70. The minimum Gasteiger partial charge on any atom is -0.465 e. The number of rotatable bonds is 4. The van der Waals surface area contributed by atoms with Crippen LogP contribution in [0.3, 0.4) is 0 Å². The van der Waals surface area contributed by atoms with Gasteiger partial charge in [-0.15, -0.1) is 0 Å². The van der Waals surface area contributed by atoms with Crippen molar-refractivity contribution < 1.29 is 28.6 Å². The predicted molar refractivity (Wildman–Crippen MR) is 55.9 cm³/mol. The zero-order chi connectivity index (χ0) is 13.1. The lowest BCUT2D eigenvalue weighted by Gasteiger charge is -2.24. The lowest BCUT2D eigenvalue weighted by Crippen LogP contribution is -2.43. The fraction of sp³-hybridized carbons (Fsp3) is 0.727. The Hall–Kier alpha value is -1.59. The van der Waals surface area contributed by atoms with Gasteiger partial charge < -0.3 is 14.2 Å². The molecular weight excluding hydrogens is 228 g/mol. The Labute approximate surface area is 99.2 Å². The van der Waals surface area contributed by atoms with Crippen molar-refractivity contribution in [1.29, 1.82) is 0 Å². The Kier molecular flexibility index (Phi) is 4.09. The van der Waals surface area contributed by atoms with E-state index >= 15 is 0 Å². The van der Waals surface area contributed by atoms with E-state index in [-0.39, 0.29) is 19.6 Å². The van der Waals surface area contributed by atoms with Crippen LogP contribution in [0.2, 0.25) is 0 Å². The lowest BCUT2D eigenvalue weighted by atomic mass is 9.83. The van der Waals surface area contributed by atoms with Gasteiger partial charge in [-0.1, -0.05) is 0 Å². The maximum atomic E-state index is 11.8. The molecule has 1 aliphatic heterocycles. The normalized spacial score (nSPS) is 27.5. The number of ether oxygens (including phenoxy) is 3. The van der Waals surface area contributed by atoms with Gasteiger partial charge in [-0.3, -0.25) is 9.59 Å². The SMILES string of the molecule is CCOC(=O)[C@H]1OC(=O)C[C@]1(C)C(=O)OCC. The van der Waals surface area contributed by atoms with Gasteiger partial charge >= 0.3 is 17.9 Å². The Morgan fingerprint density at radius 2 is 1.94 bits per heavy atom. The van der Waals surface area contributed by atoms with E-state index in [1.165, 1.54) is 6.92 Å². The van der Waals surface area contributed by atoms with E-state index in [9.17, 15) is 14.4 Å². The summed E-state index contributed by atoms with van der Waals surface area (Å²) in [6.07, 6.45) is -1.39. The molecule has 0 spiro atoms. The molecule has 6 nitrogen and oxygen atoms in total. The molecule has 6 heteroatoms. The number of esters is 3. The largest absolute Gasteiger partial charge is 0.465 e. The molecule has 0 aromatic carbocycles. The third kappa shape index (κ3) is 2.57. The monoisotopic (exact) mass is 244 g/mol. The van der Waals surface area contributed by atoms with Gasteiger partial charge in [-0.25, -0.2) is 4.79 Å². The van der Waals surface area contributed by atoms with Gasteiger partial charge in [-0.2, -0.15) is 0 Å². The first-order valence-electron chi connectivity index (χ1n) is 5.49. The molecule has 96 valence electrons. The van der Waals surface area contributed by atoms with Crippen molar-refractivity contribution in [2.24, 2.45) is 5.41 Å². The summed E-state index contributed by atoms with van der Waals surface area (Å²) < 4.78 is 14.5. The van der Waals surface area contributed by atoms with Crippen LogP contribution in [0.1, 0.15) is 27.2 Å². The molecule has 1 rings (SSSR count). The van der Waals surface area contributed by atoms with Crippen molar-refractivity contribution in [3.63, 3.8) is 0 Å². The van der Waals surface area contributed by atoms with Gasteiger partial charge in [0.15, 0.2) is 0 Å². The lowest BCUT2D eigenvalue weighted by molar-refractivity contribution is -0.172. The van der Waals surface area contributed by atoms with Crippen molar-refractivity contribution in [1.82, 2.24) is 0 Å². The molecule has 0 unspecified atom stereocenters. The summed E-state index contributed by atoms with van der Waals surface area (Å²) in [7, 11) is 0. The molecule has 1 aliphatic rings. The number of cyclic esters (lactones) is 1. The minimum atomic E-state index is -1.29. The molecule has 1 heterocycles. The maximum Gasteiger partial charge on any atom is 0.348 e. The van der Waals surface area contributed by atoms with Crippen LogP contribution in [0.4, 0.5) is 0 Å². The molecule has 2 atom stereocenters. The van der Waals surface area contributed by atoms with Crippen molar-refractivity contribution in [2.45, 2.75) is 33.3 Å². The van der Waals surface area contributed by atoms with Crippen molar-refractivity contribution >= 4 is 17.9 Å². The van der Waals surface area contributed by atoms with E-state index in [1.807, 2.05) is 0 Å². The summed E-state index contributed by atoms with van der Waals surface area (Å²) in [6.45, 7) is 5.09.